The molecule has 0 heterocycles. The Kier molecular flexibility index (Phi) is 17.4. The van der Waals surface area contributed by atoms with Crippen molar-refractivity contribution in [2.75, 3.05) is 6.61 Å². The maximum absolute atomic E-state index is 11.8. The Balaban J connectivity index is 3.47. The van der Waals surface area contributed by atoms with Crippen LogP contribution >= 0.6 is 0 Å². The lowest BCUT2D eigenvalue weighted by Gasteiger charge is -2.15. The van der Waals surface area contributed by atoms with Crippen molar-refractivity contribution < 1.29 is 9.53 Å². The summed E-state index contributed by atoms with van der Waals surface area (Å²) in [5.41, 5.74) is 0. The van der Waals surface area contributed by atoms with Gasteiger partial charge < -0.3 is 4.74 Å². The zero-order valence-electron chi connectivity index (χ0n) is 16.2. The molecule has 0 aliphatic rings. The Morgan fingerprint density at radius 2 is 1.26 bits per heavy atom. The number of hydrogen-bond acceptors (Lipinski definition) is 2. The zero-order chi connectivity index (χ0) is 17.2. The number of carbonyl (C=O) groups excluding carboxylic acids is 1. The molecule has 0 aliphatic carbocycles. The maximum atomic E-state index is 11.8. The highest BCUT2D eigenvalue weighted by atomic mass is 16.5. The summed E-state index contributed by atoms with van der Waals surface area (Å²) in [6.45, 7) is 7.33. The van der Waals surface area contributed by atoms with Crippen molar-refractivity contribution in [3.63, 3.8) is 0 Å². The molecule has 0 rings (SSSR count). The third kappa shape index (κ3) is 16.1. The molecule has 2 nitrogen and oxygen atoms in total. The van der Waals surface area contributed by atoms with Crippen LogP contribution in [0.3, 0.4) is 0 Å². The number of ether oxygens (including phenoxy) is 1. The Morgan fingerprint density at radius 1 is 0.696 bits per heavy atom. The lowest BCUT2D eigenvalue weighted by Crippen LogP contribution is -2.14. The number of unbranched alkanes of at least 4 members (excludes halogenated alkanes) is 9. The van der Waals surface area contributed by atoms with Gasteiger partial charge in [-0.25, -0.2) is 0 Å². The minimum atomic E-state index is 0.0190. The second kappa shape index (κ2) is 17.8. The Hall–Kier alpha value is -0.530. The molecule has 0 aliphatic heterocycles. The molecule has 1 unspecified atom stereocenters. The highest BCUT2D eigenvalue weighted by Gasteiger charge is 2.10. The molecule has 0 fully saturated rings. The Morgan fingerprint density at radius 3 is 1.83 bits per heavy atom. The molecule has 0 N–H and O–H groups in total. The SMILES string of the molecule is CCCCCCCCCCCC(=O)OCC(CCC)CCCC. The van der Waals surface area contributed by atoms with E-state index >= 15 is 0 Å². The molecule has 0 saturated heterocycles. The summed E-state index contributed by atoms with van der Waals surface area (Å²) in [6.07, 6.45) is 18.3. The second-order valence-electron chi connectivity index (χ2n) is 7.06. The van der Waals surface area contributed by atoms with E-state index in [2.05, 4.69) is 20.8 Å². The van der Waals surface area contributed by atoms with Gasteiger partial charge in [-0.05, 0) is 25.2 Å². The third-order valence-electron chi connectivity index (χ3n) is 4.63. The van der Waals surface area contributed by atoms with Crippen LogP contribution in [0.15, 0.2) is 0 Å². The summed E-state index contributed by atoms with van der Waals surface area (Å²) in [4.78, 5) is 11.8. The average Bonchev–Trinajstić information content (AvgIpc) is 2.56. The maximum Gasteiger partial charge on any atom is 0.305 e. The van der Waals surface area contributed by atoms with E-state index < -0.39 is 0 Å². The molecular weight excluding hydrogens is 284 g/mol. The van der Waals surface area contributed by atoms with E-state index in [1.807, 2.05) is 0 Å². The van der Waals surface area contributed by atoms with Gasteiger partial charge in [0.05, 0.1) is 6.61 Å². The van der Waals surface area contributed by atoms with Gasteiger partial charge in [0.2, 0.25) is 0 Å². The van der Waals surface area contributed by atoms with Crippen LogP contribution in [-0.2, 0) is 9.53 Å². The van der Waals surface area contributed by atoms with Crippen LogP contribution in [-0.4, -0.2) is 12.6 Å². The van der Waals surface area contributed by atoms with Gasteiger partial charge >= 0.3 is 5.97 Å². The third-order valence-corrected chi connectivity index (χ3v) is 4.63. The summed E-state index contributed by atoms with van der Waals surface area (Å²) in [7, 11) is 0. The molecule has 138 valence electrons. The van der Waals surface area contributed by atoms with E-state index in [1.54, 1.807) is 0 Å². The highest BCUT2D eigenvalue weighted by Crippen LogP contribution is 2.16. The van der Waals surface area contributed by atoms with E-state index in [9.17, 15) is 4.79 Å². The number of esters is 1. The second-order valence-corrected chi connectivity index (χ2v) is 7.06. The molecule has 0 aromatic rings. The minimum Gasteiger partial charge on any atom is -0.465 e. The molecule has 0 bridgehead atoms. The van der Waals surface area contributed by atoms with Crippen LogP contribution in [0.25, 0.3) is 0 Å². The summed E-state index contributed by atoms with van der Waals surface area (Å²) in [5, 5.41) is 0. The average molecular weight is 327 g/mol. The van der Waals surface area contributed by atoms with E-state index in [1.165, 1.54) is 83.5 Å². The van der Waals surface area contributed by atoms with Crippen LogP contribution in [0.1, 0.15) is 117 Å². The smallest absolute Gasteiger partial charge is 0.305 e. The molecule has 0 spiro atoms. The standard InChI is InChI=1S/C21H42O2/c1-4-7-9-10-11-12-13-14-15-18-21(22)23-19-20(16-6-3)17-8-5-2/h20H,4-19H2,1-3H3. The number of carbonyl (C=O) groups is 1. The van der Waals surface area contributed by atoms with Gasteiger partial charge in [0.1, 0.15) is 0 Å². The van der Waals surface area contributed by atoms with Gasteiger partial charge in [0.15, 0.2) is 0 Å². The van der Waals surface area contributed by atoms with Crippen molar-refractivity contribution in [2.24, 2.45) is 5.92 Å². The Labute approximate surface area is 145 Å². The van der Waals surface area contributed by atoms with E-state index in [0.29, 0.717) is 18.9 Å². The van der Waals surface area contributed by atoms with Gasteiger partial charge in [-0.2, -0.15) is 0 Å². The summed E-state index contributed by atoms with van der Waals surface area (Å²) in [5.74, 6) is 0.595. The zero-order valence-corrected chi connectivity index (χ0v) is 16.2. The molecule has 0 amide bonds. The largest absolute Gasteiger partial charge is 0.465 e. The monoisotopic (exact) mass is 326 g/mol. The van der Waals surface area contributed by atoms with Gasteiger partial charge in [-0.15, -0.1) is 0 Å². The fourth-order valence-corrected chi connectivity index (χ4v) is 3.08. The first-order chi connectivity index (χ1) is 11.2. The molecule has 0 saturated carbocycles. The van der Waals surface area contributed by atoms with Crippen molar-refractivity contribution in [3.8, 4) is 0 Å². The van der Waals surface area contributed by atoms with E-state index in [0.717, 1.165) is 6.42 Å². The van der Waals surface area contributed by atoms with Crippen LogP contribution in [0.5, 0.6) is 0 Å². The van der Waals surface area contributed by atoms with Gasteiger partial charge in [-0.1, -0.05) is 91.4 Å². The molecule has 0 aromatic heterocycles. The molecule has 0 aromatic carbocycles. The van der Waals surface area contributed by atoms with Crippen LogP contribution in [0.4, 0.5) is 0 Å². The molecule has 23 heavy (non-hydrogen) atoms. The summed E-state index contributed by atoms with van der Waals surface area (Å²) >= 11 is 0. The first-order valence-corrected chi connectivity index (χ1v) is 10.4. The lowest BCUT2D eigenvalue weighted by molar-refractivity contribution is -0.145. The molecule has 2 heteroatoms. The first kappa shape index (κ1) is 22.5. The van der Waals surface area contributed by atoms with Crippen molar-refractivity contribution in [1.82, 2.24) is 0 Å². The quantitative estimate of drug-likeness (QED) is 0.211. The van der Waals surface area contributed by atoms with Gasteiger partial charge in [0, 0.05) is 6.42 Å². The van der Waals surface area contributed by atoms with E-state index in [-0.39, 0.29) is 5.97 Å². The highest BCUT2D eigenvalue weighted by molar-refractivity contribution is 5.69. The topological polar surface area (TPSA) is 26.3 Å². The normalized spacial score (nSPS) is 12.3. The fraction of sp³-hybridized carbons (Fsp3) is 0.952. The first-order valence-electron chi connectivity index (χ1n) is 10.4. The number of rotatable bonds is 17. The van der Waals surface area contributed by atoms with Crippen LogP contribution in [0.2, 0.25) is 0 Å². The number of hydrogen-bond donors (Lipinski definition) is 0. The summed E-state index contributed by atoms with van der Waals surface area (Å²) < 4.78 is 5.49. The van der Waals surface area contributed by atoms with Gasteiger partial charge in [-0.3, -0.25) is 4.79 Å². The fourth-order valence-electron chi connectivity index (χ4n) is 3.08. The van der Waals surface area contributed by atoms with E-state index in [4.69, 9.17) is 4.74 Å². The van der Waals surface area contributed by atoms with Crippen molar-refractivity contribution in [1.29, 1.82) is 0 Å². The molecule has 1 atom stereocenters. The predicted octanol–water partition coefficient (Wildman–Crippen LogP) is 7.06. The predicted molar refractivity (Wildman–Crippen MR) is 101 cm³/mol. The van der Waals surface area contributed by atoms with Crippen molar-refractivity contribution in [3.05, 3.63) is 0 Å². The van der Waals surface area contributed by atoms with Gasteiger partial charge in [0.25, 0.3) is 0 Å². The van der Waals surface area contributed by atoms with Crippen molar-refractivity contribution in [2.45, 2.75) is 117 Å². The lowest BCUT2D eigenvalue weighted by atomic mass is 9.98. The minimum absolute atomic E-state index is 0.0190. The Bertz CT molecular complexity index is 250. The molecule has 0 radical (unpaired) electrons. The molecular formula is C21H42O2. The van der Waals surface area contributed by atoms with Crippen LogP contribution in [0, 0.1) is 5.92 Å². The van der Waals surface area contributed by atoms with Crippen LogP contribution < -0.4 is 0 Å². The van der Waals surface area contributed by atoms with Crippen molar-refractivity contribution >= 4 is 5.97 Å². The summed E-state index contributed by atoms with van der Waals surface area (Å²) in [6, 6.07) is 0.